The molecule has 1 amide bonds. The Morgan fingerprint density at radius 2 is 1.96 bits per heavy atom. The second-order valence-corrected chi connectivity index (χ2v) is 7.94. The first kappa shape index (κ1) is 25.2. The van der Waals surface area contributed by atoms with Crippen molar-refractivity contribution in [3.05, 3.63) is 28.7 Å². The van der Waals surface area contributed by atoms with Crippen molar-refractivity contribution in [1.29, 1.82) is 0 Å². The van der Waals surface area contributed by atoms with Gasteiger partial charge < -0.3 is 20.7 Å². The Morgan fingerprint density at radius 1 is 1.25 bits per heavy atom. The van der Waals surface area contributed by atoms with Crippen LogP contribution in [0.2, 0.25) is 0 Å². The van der Waals surface area contributed by atoms with E-state index in [2.05, 4.69) is 31.9 Å². The number of hydrogen-bond donors (Lipinski definition) is 3. The van der Waals surface area contributed by atoms with Crippen LogP contribution in [0.1, 0.15) is 39.0 Å². The molecule has 28 heavy (non-hydrogen) atoms. The minimum Gasteiger partial charge on any atom is -0.385 e. The fraction of sp³-hybridized carbons (Fsp3) is 0.600. The Bertz CT molecular complexity index is 621. The van der Waals surface area contributed by atoms with E-state index >= 15 is 0 Å². The van der Waals surface area contributed by atoms with E-state index in [1.165, 1.54) is 19.3 Å². The summed E-state index contributed by atoms with van der Waals surface area (Å²) in [6.07, 6.45) is 5.15. The smallest absolute Gasteiger partial charge is 0.226 e. The second kappa shape index (κ2) is 13.4. The SMILES string of the molecule is CCNC(=NCC1(CCOC)CCC1)NCCC(=O)Nc1ccc(Br)cc1.I. The summed E-state index contributed by atoms with van der Waals surface area (Å²) in [7, 11) is 1.75. The van der Waals surface area contributed by atoms with Gasteiger partial charge in [-0.3, -0.25) is 9.79 Å². The molecule has 1 aliphatic rings. The summed E-state index contributed by atoms with van der Waals surface area (Å²) in [4.78, 5) is 16.8. The molecule has 6 nitrogen and oxygen atoms in total. The summed E-state index contributed by atoms with van der Waals surface area (Å²) in [5, 5.41) is 9.42. The number of nitrogens with one attached hydrogen (secondary N) is 3. The summed E-state index contributed by atoms with van der Waals surface area (Å²) in [6, 6.07) is 7.56. The molecule has 1 saturated carbocycles. The van der Waals surface area contributed by atoms with Crippen molar-refractivity contribution in [3.63, 3.8) is 0 Å². The number of hydrogen-bond acceptors (Lipinski definition) is 3. The van der Waals surface area contributed by atoms with Gasteiger partial charge in [-0.15, -0.1) is 24.0 Å². The highest BCUT2D eigenvalue weighted by molar-refractivity contribution is 14.0. The molecule has 3 N–H and O–H groups in total. The van der Waals surface area contributed by atoms with E-state index < -0.39 is 0 Å². The van der Waals surface area contributed by atoms with Crippen molar-refractivity contribution < 1.29 is 9.53 Å². The Morgan fingerprint density at radius 3 is 2.54 bits per heavy atom. The van der Waals surface area contributed by atoms with Crippen molar-refractivity contribution >= 4 is 57.5 Å². The van der Waals surface area contributed by atoms with Gasteiger partial charge in [0.2, 0.25) is 5.91 Å². The number of nitrogens with zero attached hydrogens (tertiary/aromatic N) is 1. The van der Waals surface area contributed by atoms with Gasteiger partial charge in [-0.2, -0.15) is 0 Å². The molecule has 1 aromatic rings. The number of benzene rings is 1. The average Bonchev–Trinajstić information content (AvgIpc) is 2.62. The lowest BCUT2D eigenvalue weighted by atomic mass is 9.67. The number of anilines is 1. The Hall–Kier alpha value is -0.870. The van der Waals surface area contributed by atoms with Gasteiger partial charge in [0.25, 0.3) is 0 Å². The molecular formula is C20H32BrIN4O2. The normalized spacial score (nSPS) is 15.2. The van der Waals surface area contributed by atoms with E-state index in [-0.39, 0.29) is 35.3 Å². The molecule has 0 atom stereocenters. The van der Waals surface area contributed by atoms with Gasteiger partial charge in [-0.25, -0.2) is 0 Å². The molecule has 0 radical (unpaired) electrons. The first-order valence-electron chi connectivity index (χ1n) is 9.63. The minimum absolute atomic E-state index is 0. The van der Waals surface area contributed by atoms with Crippen LogP contribution in [0.3, 0.4) is 0 Å². The summed E-state index contributed by atoms with van der Waals surface area (Å²) >= 11 is 3.39. The van der Waals surface area contributed by atoms with Crippen molar-refractivity contribution in [1.82, 2.24) is 10.6 Å². The van der Waals surface area contributed by atoms with Gasteiger partial charge in [0.1, 0.15) is 0 Å². The third kappa shape index (κ3) is 8.65. The first-order valence-corrected chi connectivity index (χ1v) is 10.4. The van der Waals surface area contributed by atoms with Gasteiger partial charge in [-0.1, -0.05) is 22.4 Å². The molecule has 1 fully saturated rings. The third-order valence-corrected chi connectivity index (χ3v) is 5.47. The molecule has 8 heteroatoms. The lowest BCUT2D eigenvalue weighted by Crippen LogP contribution is -2.41. The van der Waals surface area contributed by atoms with Gasteiger partial charge >= 0.3 is 0 Å². The zero-order chi connectivity index (χ0) is 19.5. The number of ether oxygens (including phenoxy) is 1. The number of rotatable bonds is 10. The van der Waals surface area contributed by atoms with Gasteiger partial charge in [0, 0.05) is 49.9 Å². The Kier molecular flexibility index (Phi) is 12.0. The van der Waals surface area contributed by atoms with E-state index in [1.807, 2.05) is 31.2 Å². The maximum absolute atomic E-state index is 12.1. The highest BCUT2D eigenvalue weighted by Gasteiger charge is 2.36. The molecule has 0 aromatic heterocycles. The molecule has 0 unspecified atom stereocenters. The number of carbonyl (C=O) groups is 1. The van der Waals surface area contributed by atoms with Crippen molar-refractivity contribution in [2.24, 2.45) is 10.4 Å². The summed E-state index contributed by atoms with van der Waals surface area (Å²) in [6.45, 7) is 4.97. The van der Waals surface area contributed by atoms with E-state index in [0.29, 0.717) is 13.0 Å². The van der Waals surface area contributed by atoms with Crippen LogP contribution < -0.4 is 16.0 Å². The Labute approximate surface area is 193 Å². The van der Waals surface area contributed by atoms with Crippen LogP contribution >= 0.6 is 39.9 Å². The molecule has 158 valence electrons. The van der Waals surface area contributed by atoms with Crippen LogP contribution in [0.25, 0.3) is 0 Å². The van der Waals surface area contributed by atoms with Crippen LogP contribution in [-0.2, 0) is 9.53 Å². The molecule has 1 aliphatic carbocycles. The van der Waals surface area contributed by atoms with Gasteiger partial charge in [-0.05, 0) is 55.9 Å². The molecule has 0 bridgehead atoms. The summed E-state index contributed by atoms with van der Waals surface area (Å²) in [5.74, 6) is 0.758. The quantitative estimate of drug-likeness (QED) is 0.226. The van der Waals surface area contributed by atoms with Gasteiger partial charge in [0.15, 0.2) is 5.96 Å². The third-order valence-electron chi connectivity index (χ3n) is 4.94. The number of aliphatic imine (C=N–C) groups is 1. The van der Waals surface area contributed by atoms with E-state index in [4.69, 9.17) is 9.73 Å². The highest BCUT2D eigenvalue weighted by atomic mass is 127. The monoisotopic (exact) mass is 566 g/mol. The number of halogens is 2. The molecular weight excluding hydrogens is 535 g/mol. The lowest BCUT2D eigenvalue weighted by Gasteiger charge is -2.40. The average molecular weight is 567 g/mol. The second-order valence-electron chi connectivity index (χ2n) is 7.02. The fourth-order valence-electron chi connectivity index (χ4n) is 3.12. The number of methoxy groups -OCH3 is 1. The first-order chi connectivity index (χ1) is 13.1. The van der Waals surface area contributed by atoms with Crippen LogP contribution in [-0.4, -0.2) is 45.2 Å². The largest absolute Gasteiger partial charge is 0.385 e. The minimum atomic E-state index is -0.0174. The molecule has 0 spiro atoms. The molecule has 1 aromatic carbocycles. The zero-order valence-corrected chi connectivity index (χ0v) is 20.6. The predicted octanol–water partition coefficient (Wildman–Crippen LogP) is 4.16. The topological polar surface area (TPSA) is 74.8 Å². The van der Waals surface area contributed by atoms with E-state index in [1.54, 1.807) is 7.11 Å². The zero-order valence-electron chi connectivity index (χ0n) is 16.7. The molecule has 0 aliphatic heterocycles. The van der Waals surface area contributed by atoms with E-state index in [0.717, 1.165) is 42.2 Å². The van der Waals surface area contributed by atoms with Crippen LogP contribution in [0, 0.1) is 5.41 Å². The van der Waals surface area contributed by atoms with Crippen molar-refractivity contribution in [2.75, 3.05) is 38.7 Å². The van der Waals surface area contributed by atoms with Crippen molar-refractivity contribution in [2.45, 2.75) is 39.0 Å². The highest BCUT2D eigenvalue weighted by Crippen LogP contribution is 2.44. The van der Waals surface area contributed by atoms with Gasteiger partial charge in [0.05, 0.1) is 0 Å². The molecule has 0 saturated heterocycles. The summed E-state index contributed by atoms with van der Waals surface area (Å²) < 4.78 is 6.24. The Balaban J connectivity index is 0.00000392. The van der Waals surface area contributed by atoms with Crippen LogP contribution in [0.15, 0.2) is 33.7 Å². The maximum Gasteiger partial charge on any atom is 0.226 e. The number of guanidine groups is 1. The van der Waals surface area contributed by atoms with Crippen molar-refractivity contribution in [3.8, 4) is 0 Å². The lowest BCUT2D eigenvalue weighted by molar-refractivity contribution is -0.116. The van der Waals surface area contributed by atoms with E-state index in [9.17, 15) is 4.79 Å². The molecule has 2 rings (SSSR count). The maximum atomic E-state index is 12.1. The van der Waals surface area contributed by atoms with Crippen LogP contribution in [0.4, 0.5) is 5.69 Å². The summed E-state index contributed by atoms with van der Waals surface area (Å²) in [5.41, 5.74) is 1.09. The number of carbonyl (C=O) groups excluding carboxylic acids is 1. The number of amides is 1. The fourth-order valence-corrected chi connectivity index (χ4v) is 3.39. The standard InChI is InChI=1S/C20H31BrN4O2.HI/c1-3-22-19(24-15-20(10-4-11-20)12-14-27-2)23-13-9-18(26)25-17-7-5-16(21)6-8-17;/h5-8H,3-4,9-15H2,1-2H3,(H,25,26)(H2,22,23,24);1H. The van der Waals surface area contributed by atoms with Crippen LogP contribution in [0.5, 0.6) is 0 Å². The molecule has 0 heterocycles. The predicted molar refractivity (Wildman–Crippen MR) is 130 cm³/mol.